The number of carboxylic acid groups (broad SMARTS) is 1. The topological polar surface area (TPSA) is 58.9 Å². The summed E-state index contributed by atoms with van der Waals surface area (Å²) in [7, 11) is 0. The van der Waals surface area contributed by atoms with Gasteiger partial charge in [0.1, 0.15) is 11.6 Å². The molecular formula is C14H9F2NO3. The average molecular weight is 277 g/mol. The molecular weight excluding hydrogens is 268 g/mol. The first-order valence-corrected chi connectivity index (χ1v) is 5.54. The van der Waals surface area contributed by atoms with Crippen LogP contribution in [0.15, 0.2) is 47.6 Å². The number of hydrogen-bond acceptors (Lipinski definition) is 3. The molecule has 0 saturated heterocycles. The van der Waals surface area contributed by atoms with E-state index in [1.165, 1.54) is 30.5 Å². The summed E-state index contributed by atoms with van der Waals surface area (Å²) in [6.07, 6.45) is 1.30. The molecule has 0 radical (unpaired) electrons. The van der Waals surface area contributed by atoms with Gasteiger partial charge < -0.3 is 9.94 Å². The van der Waals surface area contributed by atoms with Crippen LogP contribution in [0.1, 0.15) is 15.9 Å². The summed E-state index contributed by atoms with van der Waals surface area (Å²) < 4.78 is 25.7. The van der Waals surface area contributed by atoms with Crippen molar-refractivity contribution in [2.24, 2.45) is 5.16 Å². The molecule has 1 N–H and O–H groups in total. The van der Waals surface area contributed by atoms with Crippen LogP contribution < -0.4 is 4.84 Å². The molecule has 0 aliphatic carbocycles. The van der Waals surface area contributed by atoms with Gasteiger partial charge in [-0.05, 0) is 17.7 Å². The second-order valence-corrected chi connectivity index (χ2v) is 3.86. The summed E-state index contributed by atoms with van der Waals surface area (Å²) in [5.41, 5.74) is 0.738. The van der Waals surface area contributed by atoms with Crippen molar-refractivity contribution in [2.75, 3.05) is 0 Å². The molecule has 0 aliphatic rings. The van der Waals surface area contributed by atoms with Crippen LogP contribution in [0.5, 0.6) is 5.75 Å². The van der Waals surface area contributed by atoms with E-state index in [-0.39, 0.29) is 11.3 Å². The Bertz CT molecular complexity index is 634. The Morgan fingerprint density at radius 3 is 2.25 bits per heavy atom. The minimum atomic E-state index is -1.03. The van der Waals surface area contributed by atoms with Gasteiger partial charge in [0, 0.05) is 18.2 Å². The van der Waals surface area contributed by atoms with E-state index in [0.717, 1.165) is 18.2 Å². The Morgan fingerprint density at radius 1 is 1.10 bits per heavy atom. The van der Waals surface area contributed by atoms with Gasteiger partial charge in [-0.25, -0.2) is 13.6 Å². The number of halogens is 2. The molecule has 2 aromatic rings. The van der Waals surface area contributed by atoms with E-state index in [4.69, 9.17) is 9.94 Å². The van der Waals surface area contributed by atoms with Crippen LogP contribution in [0.3, 0.4) is 0 Å². The molecule has 0 saturated carbocycles. The highest BCUT2D eigenvalue weighted by molar-refractivity contribution is 5.89. The lowest BCUT2D eigenvalue weighted by Crippen LogP contribution is -1.96. The van der Waals surface area contributed by atoms with E-state index in [2.05, 4.69) is 5.16 Å². The van der Waals surface area contributed by atoms with E-state index in [1.54, 1.807) is 0 Å². The predicted octanol–water partition coefficient (Wildman–Crippen LogP) is 3.08. The van der Waals surface area contributed by atoms with Gasteiger partial charge in [0.15, 0.2) is 5.75 Å². The molecule has 0 aliphatic heterocycles. The Kier molecular flexibility index (Phi) is 4.05. The standard InChI is InChI=1S/C14H9F2NO3/c15-11-5-12(16)7-13(6-11)20-17-8-9-1-3-10(4-2-9)14(18)19/h1-8H,(H,18,19)/b17-8+. The van der Waals surface area contributed by atoms with Gasteiger partial charge in [-0.2, -0.15) is 0 Å². The van der Waals surface area contributed by atoms with Gasteiger partial charge in [-0.1, -0.05) is 17.3 Å². The molecule has 0 heterocycles. The highest BCUT2D eigenvalue weighted by Crippen LogP contribution is 2.15. The van der Waals surface area contributed by atoms with Gasteiger partial charge in [-0.3, -0.25) is 0 Å². The van der Waals surface area contributed by atoms with Crippen molar-refractivity contribution in [3.63, 3.8) is 0 Å². The zero-order valence-corrected chi connectivity index (χ0v) is 10.1. The van der Waals surface area contributed by atoms with E-state index >= 15 is 0 Å². The zero-order valence-electron chi connectivity index (χ0n) is 10.1. The molecule has 20 heavy (non-hydrogen) atoms. The Morgan fingerprint density at radius 2 is 1.70 bits per heavy atom. The average Bonchev–Trinajstić information content (AvgIpc) is 2.38. The highest BCUT2D eigenvalue weighted by Gasteiger charge is 2.02. The molecule has 102 valence electrons. The molecule has 0 fully saturated rings. The summed E-state index contributed by atoms with van der Waals surface area (Å²) in [6.45, 7) is 0. The normalized spacial score (nSPS) is 10.7. The van der Waals surface area contributed by atoms with Crippen molar-refractivity contribution >= 4 is 12.2 Å². The fraction of sp³-hybridized carbons (Fsp3) is 0. The van der Waals surface area contributed by atoms with E-state index in [0.29, 0.717) is 5.56 Å². The van der Waals surface area contributed by atoms with Crippen LogP contribution in [-0.4, -0.2) is 17.3 Å². The van der Waals surface area contributed by atoms with Crippen LogP contribution in [0.2, 0.25) is 0 Å². The van der Waals surface area contributed by atoms with E-state index in [1.807, 2.05) is 0 Å². The maximum absolute atomic E-state index is 12.9. The SMILES string of the molecule is O=C(O)c1ccc(/C=N/Oc2cc(F)cc(F)c2)cc1. The molecule has 6 heteroatoms. The summed E-state index contributed by atoms with van der Waals surface area (Å²) in [4.78, 5) is 15.5. The monoisotopic (exact) mass is 277 g/mol. The van der Waals surface area contributed by atoms with Crippen LogP contribution >= 0.6 is 0 Å². The lowest BCUT2D eigenvalue weighted by Gasteiger charge is -1.99. The van der Waals surface area contributed by atoms with Crippen molar-refractivity contribution in [2.45, 2.75) is 0 Å². The zero-order chi connectivity index (χ0) is 14.5. The third-order valence-corrected chi connectivity index (χ3v) is 2.35. The summed E-state index contributed by atoms with van der Waals surface area (Å²) >= 11 is 0. The maximum Gasteiger partial charge on any atom is 0.335 e. The van der Waals surface area contributed by atoms with Crippen LogP contribution in [0.25, 0.3) is 0 Å². The lowest BCUT2D eigenvalue weighted by atomic mass is 10.1. The highest BCUT2D eigenvalue weighted by atomic mass is 19.1. The first-order valence-electron chi connectivity index (χ1n) is 5.54. The van der Waals surface area contributed by atoms with Gasteiger partial charge in [0.25, 0.3) is 0 Å². The Hall–Kier alpha value is -2.76. The van der Waals surface area contributed by atoms with Crippen LogP contribution in [0, 0.1) is 11.6 Å². The Balaban J connectivity index is 2.04. The third-order valence-electron chi connectivity index (χ3n) is 2.35. The maximum atomic E-state index is 12.9. The fourth-order valence-electron chi connectivity index (χ4n) is 1.44. The van der Waals surface area contributed by atoms with Crippen molar-refractivity contribution in [3.05, 3.63) is 65.2 Å². The van der Waals surface area contributed by atoms with Crippen molar-refractivity contribution in [1.82, 2.24) is 0 Å². The number of nitrogens with zero attached hydrogens (tertiary/aromatic N) is 1. The molecule has 0 aromatic heterocycles. The van der Waals surface area contributed by atoms with Crippen LogP contribution in [0.4, 0.5) is 8.78 Å². The molecule has 0 bridgehead atoms. The molecule has 0 amide bonds. The van der Waals surface area contributed by atoms with Gasteiger partial charge >= 0.3 is 5.97 Å². The number of carbonyl (C=O) groups is 1. The van der Waals surface area contributed by atoms with Crippen molar-refractivity contribution < 1.29 is 23.5 Å². The summed E-state index contributed by atoms with van der Waals surface area (Å²) in [6, 6.07) is 8.59. The smallest absolute Gasteiger partial charge is 0.335 e. The fourth-order valence-corrected chi connectivity index (χ4v) is 1.44. The molecule has 0 unspecified atom stereocenters. The van der Waals surface area contributed by atoms with E-state index < -0.39 is 17.6 Å². The lowest BCUT2D eigenvalue weighted by molar-refractivity contribution is 0.0697. The molecule has 0 atom stereocenters. The second-order valence-electron chi connectivity index (χ2n) is 3.86. The largest absolute Gasteiger partial charge is 0.478 e. The molecule has 2 aromatic carbocycles. The second kappa shape index (κ2) is 5.92. The molecule has 2 rings (SSSR count). The molecule has 4 nitrogen and oxygen atoms in total. The number of rotatable bonds is 4. The third kappa shape index (κ3) is 3.61. The van der Waals surface area contributed by atoms with Crippen LogP contribution in [-0.2, 0) is 0 Å². The number of aromatic carboxylic acids is 1. The minimum absolute atomic E-state index is 0.0686. The Labute approximate surface area is 112 Å². The van der Waals surface area contributed by atoms with Gasteiger partial charge in [-0.15, -0.1) is 0 Å². The van der Waals surface area contributed by atoms with Gasteiger partial charge in [0.2, 0.25) is 0 Å². The van der Waals surface area contributed by atoms with Crippen molar-refractivity contribution in [3.8, 4) is 5.75 Å². The quantitative estimate of drug-likeness (QED) is 0.690. The number of oxime groups is 1. The van der Waals surface area contributed by atoms with Crippen molar-refractivity contribution in [1.29, 1.82) is 0 Å². The predicted molar refractivity (Wildman–Crippen MR) is 68.0 cm³/mol. The van der Waals surface area contributed by atoms with Gasteiger partial charge in [0.05, 0.1) is 11.8 Å². The number of carboxylic acids is 1. The molecule has 0 spiro atoms. The number of hydrogen-bond donors (Lipinski definition) is 1. The summed E-state index contributed by atoms with van der Waals surface area (Å²) in [5, 5.41) is 12.3. The number of benzene rings is 2. The minimum Gasteiger partial charge on any atom is -0.478 e. The summed E-state index contributed by atoms with van der Waals surface area (Å²) in [5.74, 6) is -2.62. The first kappa shape index (κ1) is 13.7. The first-order chi connectivity index (χ1) is 9.54. The van der Waals surface area contributed by atoms with E-state index in [9.17, 15) is 13.6 Å².